The zero-order valence-electron chi connectivity index (χ0n) is 3.72. The quantitative estimate of drug-likeness (QED) is 0.442. The van der Waals surface area contributed by atoms with E-state index in [4.69, 9.17) is 16.7 Å². The average molecular weight is 141 g/mol. The molecule has 0 aromatic carbocycles. The number of alkyl halides is 1. The van der Waals surface area contributed by atoms with Gasteiger partial charge in [0.15, 0.2) is 5.56 Å². The van der Waals surface area contributed by atoms with E-state index in [2.05, 4.69) is 17.0 Å². The molecule has 0 aliphatic heterocycles. The SMILES string of the molecule is CC(Cl)OC(O)=S. The lowest BCUT2D eigenvalue weighted by atomic mass is 10.9. The average Bonchev–Trinajstić information content (AvgIpc) is 1.27. The van der Waals surface area contributed by atoms with Crippen molar-refractivity contribution >= 4 is 29.1 Å². The molecule has 1 atom stereocenters. The van der Waals surface area contributed by atoms with Crippen molar-refractivity contribution in [1.29, 1.82) is 0 Å². The molecule has 0 spiro atoms. The highest BCUT2D eigenvalue weighted by Gasteiger charge is 1.95. The minimum atomic E-state index is -0.544. The van der Waals surface area contributed by atoms with E-state index in [0.29, 0.717) is 0 Å². The summed E-state index contributed by atoms with van der Waals surface area (Å²) in [5.74, 6) is 0. The molecular weight excluding hydrogens is 136 g/mol. The van der Waals surface area contributed by atoms with E-state index in [1.165, 1.54) is 0 Å². The molecular formula is C3H5ClO2S. The van der Waals surface area contributed by atoms with Crippen LogP contribution in [0.15, 0.2) is 0 Å². The van der Waals surface area contributed by atoms with E-state index in [1.54, 1.807) is 6.92 Å². The van der Waals surface area contributed by atoms with E-state index in [1.807, 2.05) is 0 Å². The number of halogens is 1. The van der Waals surface area contributed by atoms with Crippen LogP contribution in [-0.4, -0.2) is 15.9 Å². The topological polar surface area (TPSA) is 29.5 Å². The first-order valence-electron chi connectivity index (χ1n) is 1.66. The summed E-state index contributed by atoms with van der Waals surface area (Å²) in [6.45, 7) is 1.56. The normalized spacial score (nSPS) is 12.9. The molecule has 4 heteroatoms. The van der Waals surface area contributed by atoms with Crippen molar-refractivity contribution in [3.63, 3.8) is 0 Å². The standard InChI is InChI=1S/C3H5ClO2S/c1-2(4)6-3(5)7/h2H,1H3,(H,5,7). The van der Waals surface area contributed by atoms with Gasteiger partial charge in [-0.25, -0.2) is 0 Å². The molecule has 0 aliphatic rings. The van der Waals surface area contributed by atoms with Crippen molar-refractivity contribution < 1.29 is 9.84 Å². The number of aliphatic hydroxyl groups excluding tert-OH is 1. The Bertz CT molecular complexity index is 73.3. The summed E-state index contributed by atoms with van der Waals surface area (Å²) in [4.78, 5) is 0. The van der Waals surface area contributed by atoms with Crippen LogP contribution < -0.4 is 0 Å². The lowest BCUT2D eigenvalue weighted by Gasteiger charge is -2.00. The summed E-state index contributed by atoms with van der Waals surface area (Å²) < 4.78 is 4.30. The lowest BCUT2D eigenvalue weighted by Crippen LogP contribution is -2.04. The smallest absolute Gasteiger partial charge is 0.351 e. The molecule has 1 N–H and O–H groups in total. The monoisotopic (exact) mass is 140 g/mol. The highest BCUT2D eigenvalue weighted by atomic mass is 35.5. The van der Waals surface area contributed by atoms with E-state index in [-0.39, 0.29) is 0 Å². The summed E-state index contributed by atoms with van der Waals surface area (Å²) in [5.41, 5.74) is -0.544. The number of aliphatic hydroxyl groups is 1. The first-order valence-corrected chi connectivity index (χ1v) is 2.51. The van der Waals surface area contributed by atoms with Crippen LogP contribution in [0.3, 0.4) is 0 Å². The Kier molecular flexibility index (Phi) is 3.04. The fourth-order valence-corrected chi connectivity index (χ4v) is 0.420. The van der Waals surface area contributed by atoms with Crippen molar-refractivity contribution in [2.24, 2.45) is 0 Å². The third-order valence-electron chi connectivity index (χ3n) is 0.263. The summed E-state index contributed by atoms with van der Waals surface area (Å²) in [7, 11) is 0. The Hall–Kier alpha value is -0.0200. The van der Waals surface area contributed by atoms with Gasteiger partial charge in [0.2, 0.25) is 0 Å². The summed E-state index contributed by atoms with van der Waals surface area (Å²) in [6.07, 6.45) is 0. The van der Waals surface area contributed by atoms with Crippen molar-refractivity contribution in [3.8, 4) is 0 Å². The van der Waals surface area contributed by atoms with Crippen LogP contribution in [0.25, 0.3) is 0 Å². The molecule has 0 bridgehead atoms. The van der Waals surface area contributed by atoms with E-state index in [0.717, 1.165) is 0 Å². The Morgan fingerprint density at radius 2 is 2.43 bits per heavy atom. The van der Waals surface area contributed by atoms with Gasteiger partial charge in [0.25, 0.3) is 0 Å². The van der Waals surface area contributed by atoms with E-state index >= 15 is 0 Å². The fraction of sp³-hybridized carbons (Fsp3) is 0.667. The maximum absolute atomic E-state index is 8.15. The Morgan fingerprint density at radius 3 is 2.43 bits per heavy atom. The number of thiocarbonyl (C=S) groups is 1. The van der Waals surface area contributed by atoms with E-state index in [9.17, 15) is 0 Å². The van der Waals surface area contributed by atoms with Gasteiger partial charge in [0.05, 0.1) is 0 Å². The molecule has 42 valence electrons. The highest BCUT2D eigenvalue weighted by Crippen LogP contribution is 1.94. The minimum Gasteiger partial charge on any atom is -0.472 e. The summed E-state index contributed by atoms with van der Waals surface area (Å²) in [6, 6.07) is 0. The van der Waals surface area contributed by atoms with Gasteiger partial charge < -0.3 is 9.84 Å². The molecule has 0 aromatic rings. The highest BCUT2D eigenvalue weighted by molar-refractivity contribution is 7.79. The van der Waals surface area contributed by atoms with Gasteiger partial charge in [0, 0.05) is 12.2 Å². The predicted octanol–water partition coefficient (Wildman–Crippen LogP) is 1.43. The molecule has 7 heavy (non-hydrogen) atoms. The zero-order valence-corrected chi connectivity index (χ0v) is 5.29. The van der Waals surface area contributed by atoms with Gasteiger partial charge in [-0.2, -0.15) is 0 Å². The second-order valence-electron chi connectivity index (χ2n) is 0.927. The first kappa shape index (κ1) is 6.98. The van der Waals surface area contributed by atoms with Crippen molar-refractivity contribution in [2.75, 3.05) is 0 Å². The van der Waals surface area contributed by atoms with Crippen LogP contribution in [0.1, 0.15) is 6.92 Å². The second-order valence-corrected chi connectivity index (χ2v) is 1.89. The van der Waals surface area contributed by atoms with Crippen LogP contribution in [-0.2, 0) is 4.74 Å². The molecule has 0 aromatic heterocycles. The van der Waals surface area contributed by atoms with Crippen LogP contribution >= 0.6 is 23.8 Å². The van der Waals surface area contributed by atoms with Gasteiger partial charge in [-0.1, -0.05) is 11.6 Å². The Balaban J connectivity index is 3.13. The number of rotatable bonds is 1. The third kappa shape index (κ3) is 5.98. The first-order chi connectivity index (χ1) is 3.13. The van der Waals surface area contributed by atoms with Crippen molar-refractivity contribution in [3.05, 3.63) is 0 Å². The second kappa shape index (κ2) is 3.04. The molecule has 0 rings (SSSR count). The molecule has 0 aliphatic carbocycles. The number of hydrogen-bond donors (Lipinski definition) is 1. The summed E-state index contributed by atoms with van der Waals surface area (Å²) in [5, 5.41) is 7.64. The van der Waals surface area contributed by atoms with Crippen LogP contribution in [0.4, 0.5) is 0 Å². The molecule has 0 saturated carbocycles. The molecule has 0 amide bonds. The minimum absolute atomic E-state index is 0.512. The van der Waals surface area contributed by atoms with Gasteiger partial charge >= 0.3 is 5.24 Å². The van der Waals surface area contributed by atoms with Gasteiger partial charge in [-0.05, 0) is 6.92 Å². The van der Waals surface area contributed by atoms with Crippen molar-refractivity contribution in [1.82, 2.24) is 0 Å². The Morgan fingerprint density at radius 1 is 2.00 bits per heavy atom. The summed E-state index contributed by atoms with van der Waals surface area (Å²) >= 11 is 9.32. The molecule has 0 radical (unpaired) electrons. The molecule has 0 heterocycles. The maximum Gasteiger partial charge on any atom is 0.351 e. The molecule has 0 saturated heterocycles. The number of ether oxygens (including phenoxy) is 1. The largest absolute Gasteiger partial charge is 0.472 e. The molecule has 2 nitrogen and oxygen atoms in total. The Labute approximate surface area is 52.0 Å². The van der Waals surface area contributed by atoms with Crippen molar-refractivity contribution in [2.45, 2.75) is 12.5 Å². The van der Waals surface area contributed by atoms with Gasteiger partial charge in [-0.15, -0.1) is 0 Å². The third-order valence-corrected chi connectivity index (χ3v) is 0.449. The molecule has 0 fully saturated rings. The number of hydrogen-bond acceptors (Lipinski definition) is 2. The van der Waals surface area contributed by atoms with Crippen LogP contribution in [0, 0.1) is 0 Å². The van der Waals surface area contributed by atoms with Crippen LogP contribution in [0.2, 0.25) is 0 Å². The zero-order chi connectivity index (χ0) is 5.86. The maximum atomic E-state index is 8.15. The van der Waals surface area contributed by atoms with Crippen LogP contribution in [0.5, 0.6) is 0 Å². The van der Waals surface area contributed by atoms with Gasteiger partial charge in [-0.3, -0.25) is 0 Å². The lowest BCUT2D eigenvalue weighted by molar-refractivity contribution is 0.227. The van der Waals surface area contributed by atoms with Gasteiger partial charge in [0.1, 0.15) is 0 Å². The molecule has 1 unspecified atom stereocenters. The fourth-order valence-electron chi connectivity index (χ4n) is 0.139. The predicted molar refractivity (Wildman–Crippen MR) is 31.6 cm³/mol. The van der Waals surface area contributed by atoms with E-state index < -0.39 is 10.8 Å².